The summed E-state index contributed by atoms with van der Waals surface area (Å²) in [5.41, 5.74) is 6.87. The molecule has 0 saturated carbocycles. The molecule has 0 unspecified atom stereocenters. The Labute approximate surface area is 71.0 Å². The van der Waals surface area contributed by atoms with E-state index in [1.54, 1.807) is 4.68 Å². The molecule has 1 aromatic heterocycles. The highest BCUT2D eigenvalue weighted by atomic mass is 32.2. The highest BCUT2D eigenvalue weighted by Crippen LogP contribution is 2.16. The Kier molecular flexibility index (Phi) is 2.82. The van der Waals surface area contributed by atoms with E-state index in [0.29, 0.717) is 0 Å². The molecule has 0 spiro atoms. The Hall–Kier alpha value is -0.640. The van der Waals surface area contributed by atoms with Gasteiger partial charge in [0.15, 0.2) is 0 Å². The van der Waals surface area contributed by atoms with E-state index in [0.717, 1.165) is 22.9 Å². The van der Waals surface area contributed by atoms with Crippen LogP contribution < -0.4 is 5.73 Å². The van der Waals surface area contributed by atoms with Crippen LogP contribution in [0.15, 0.2) is 6.20 Å². The van der Waals surface area contributed by atoms with Crippen molar-refractivity contribution >= 4 is 17.6 Å². The van der Waals surface area contributed by atoms with Crippen molar-refractivity contribution in [2.24, 2.45) is 7.05 Å². The maximum Gasteiger partial charge on any atom is 0.125 e. The Morgan fingerprint density at radius 1 is 1.73 bits per heavy atom. The lowest BCUT2D eigenvalue weighted by molar-refractivity contribution is 0.779. The highest BCUT2D eigenvalue weighted by molar-refractivity contribution is 7.98. The summed E-state index contributed by atoms with van der Waals surface area (Å²) >= 11 is 1.86. The van der Waals surface area contributed by atoms with E-state index >= 15 is 0 Å². The average Bonchev–Trinajstić information content (AvgIpc) is 2.31. The number of hydrogen-bond acceptors (Lipinski definition) is 3. The van der Waals surface area contributed by atoms with Crippen LogP contribution in [0.3, 0.4) is 0 Å². The molecule has 0 aliphatic rings. The van der Waals surface area contributed by atoms with Gasteiger partial charge < -0.3 is 5.73 Å². The second-order valence-corrected chi connectivity index (χ2v) is 3.59. The van der Waals surface area contributed by atoms with E-state index in [9.17, 15) is 0 Å². The molecule has 0 bridgehead atoms. The van der Waals surface area contributed by atoms with Gasteiger partial charge >= 0.3 is 0 Å². The lowest BCUT2D eigenvalue weighted by atomic mass is 10.4. The number of thioether (sulfide) groups is 1. The van der Waals surface area contributed by atoms with Crippen LogP contribution in [-0.4, -0.2) is 15.5 Å². The fraction of sp³-hybridized carbons (Fsp3) is 0.571. The first-order valence-electron chi connectivity index (χ1n) is 3.59. The maximum absolute atomic E-state index is 5.73. The van der Waals surface area contributed by atoms with Crippen LogP contribution in [0.2, 0.25) is 0 Å². The molecule has 0 fully saturated rings. The second-order valence-electron chi connectivity index (χ2n) is 2.32. The summed E-state index contributed by atoms with van der Waals surface area (Å²) in [6.45, 7) is 2.14. The summed E-state index contributed by atoms with van der Waals surface area (Å²) in [5.74, 6) is 2.87. The van der Waals surface area contributed by atoms with E-state index in [1.807, 2.05) is 25.0 Å². The first-order valence-corrected chi connectivity index (χ1v) is 4.75. The third-order valence-electron chi connectivity index (χ3n) is 1.53. The molecule has 1 heterocycles. The van der Waals surface area contributed by atoms with Crippen LogP contribution in [0.5, 0.6) is 0 Å². The summed E-state index contributed by atoms with van der Waals surface area (Å²) < 4.78 is 1.70. The Bertz CT molecular complexity index is 232. The molecule has 11 heavy (non-hydrogen) atoms. The van der Waals surface area contributed by atoms with Crippen molar-refractivity contribution in [3.05, 3.63) is 11.8 Å². The summed E-state index contributed by atoms with van der Waals surface area (Å²) in [6, 6.07) is 0. The van der Waals surface area contributed by atoms with Crippen LogP contribution >= 0.6 is 11.8 Å². The summed E-state index contributed by atoms with van der Waals surface area (Å²) in [6.07, 6.45) is 1.83. The molecular weight excluding hydrogens is 158 g/mol. The number of hydrogen-bond donors (Lipinski definition) is 1. The molecule has 2 N–H and O–H groups in total. The number of rotatable bonds is 3. The van der Waals surface area contributed by atoms with Gasteiger partial charge in [-0.1, -0.05) is 6.92 Å². The number of anilines is 1. The minimum Gasteiger partial charge on any atom is -0.384 e. The highest BCUT2D eigenvalue weighted by Gasteiger charge is 2.02. The molecule has 4 heteroatoms. The summed E-state index contributed by atoms with van der Waals surface area (Å²) in [5, 5.41) is 4.05. The lowest BCUT2D eigenvalue weighted by Gasteiger charge is -1.97. The Morgan fingerprint density at radius 2 is 2.45 bits per heavy atom. The zero-order chi connectivity index (χ0) is 8.27. The SMILES string of the molecule is CCSCc1cnn(C)c1N. The molecule has 62 valence electrons. The predicted octanol–water partition coefficient (Wildman–Crippen LogP) is 1.26. The second kappa shape index (κ2) is 3.67. The van der Waals surface area contributed by atoms with Crippen molar-refractivity contribution in [1.29, 1.82) is 0 Å². The van der Waals surface area contributed by atoms with E-state index in [-0.39, 0.29) is 0 Å². The first-order chi connectivity index (χ1) is 5.25. The van der Waals surface area contributed by atoms with Crippen molar-refractivity contribution < 1.29 is 0 Å². The number of nitrogens with two attached hydrogens (primary N) is 1. The molecule has 0 aromatic carbocycles. The minimum absolute atomic E-state index is 0.783. The zero-order valence-electron chi connectivity index (χ0n) is 6.87. The molecule has 3 nitrogen and oxygen atoms in total. The van der Waals surface area contributed by atoms with E-state index < -0.39 is 0 Å². The number of aromatic nitrogens is 2. The molecule has 1 aromatic rings. The zero-order valence-corrected chi connectivity index (χ0v) is 7.69. The standard InChI is InChI=1S/C7H13N3S/c1-3-11-5-6-4-9-10(2)7(6)8/h4H,3,5,8H2,1-2H3. The van der Waals surface area contributed by atoms with Crippen molar-refractivity contribution in [3.8, 4) is 0 Å². The lowest BCUT2D eigenvalue weighted by Crippen LogP contribution is -1.98. The summed E-state index contributed by atoms with van der Waals surface area (Å²) in [4.78, 5) is 0. The van der Waals surface area contributed by atoms with Gasteiger partial charge in [-0.15, -0.1) is 0 Å². The topological polar surface area (TPSA) is 43.8 Å². The van der Waals surface area contributed by atoms with Gasteiger partial charge in [0.25, 0.3) is 0 Å². The average molecular weight is 171 g/mol. The number of nitrogen functional groups attached to an aromatic ring is 1. The Morgan fingerprint density at radius 3 is 2.91 bits per heavy atom. The van der Waals surface area contributed by atoms with Gasteiger partial charge in [0, 0.05) is 18.4 Å². The molecular formula is C7H13N3S. The third-order valence-corrected chi connectivity index (χ3v) is 2.45. The van der Waals surface area contributed by atoms with Gasteiger partial charge in [0.1, 0.15) is 5.82 Å². The molecule has 0 aliphatic heterocycles. The van der Waals surface area contributed by atoms with Gasteiger partial charge in [-0.05, 0) is 5.75 Å². The number of aryl methyl sites for hydroxylation is 1. The quantitative estimate of drug-likeness (QED) is 0.744. The number of nitrogens with zero attached hydrogens (tertiary/aromatic N) is 2. The smallest absolute Gasteiger partial charge is 0.125 e. The molecule has 0 atom stereocenters. The van der Waals surface area contributed by atoms with Crippen LogP contribution in [0.1, 0.15) is 12.5 Å². The molecule has 1 rings (SSSR count). The van der Waals surface area contributed by atoms with E-state index in [4.69, 9.17) is 5.73 Å². The van der Waals surface area contributed by atoms with Crippen molar-refractivity contribution in [2.45, 2.75) is 12.7 Å². The molecule has 0 radical (unpaired) electrons. The van der Waals surface area contributed by atoms with E-state index in [1.165, 1.54) is 0 Å². The maximum atomic E-state index is 5.73. The van der Waals surface area contributed by atoms with E-state index in [2.05, 4.69) is 12.0 Å². The van der Waals surface area contributed by atoms with Crippen molar-refractivity contribution in [3.63, 3.8) is 0 Å². The predicted molar refractivity (Wildman–Crippen MR) is 49.5 cm³/mol. The van der Waals surface area contributed by atoms with Crippen LogP contribution in [0.4, 0.5) is 5.82 Å². The first kappa shape index (κ1) is 8.46. The fourth-order valence-corrected chi connectivity index (χ4v) is 1.46. The van der Waals surface area contributed by atoms with Crippen molar-refractivity contribution in [2.75, 3.05) is 11.5 Å². The normalized spacial score (nSPS) is 10.4. The fourth-order valence-electron chi connectivity index (χ4n) is 0.816. The van der Waals surface area contributed by atoms with Gasteiger partial charge in [-0.25, -0.2) is 0 Å². The molecule has 0 aliphatic carbocycles. The summed E-state index contributed by atoms with van der Waals surface area (Å²) in [7, 11) is 1.86. The van der Waals surface area contributed by atoms with Crippen LogP contribution in [0.25, 0.3) is 0 Å². The van der Waals surface area contributed by atoms with Gasteiger partial charge in [-0.2, -0.15) is 16.9 Å². The van der Waals surface area contributed by atoms with Gasteiger partial charge in [0.2, 0.25) is 0 Å². The third kappa shape index (κ3) is 1.89. The van der Waals surface area contributed by atoms with Crippen LogP contribution in [0, 0.1) is 0 Å². The monoisotopic (exact) mass is 171 g/mol. The van der Waals surface area contributed by atoms with Crippen molar-refractivity contribution in [1.82, 2.24) is 9.78 Å². The Balaban J connectivity index is 2.63. The van der Waals surface area contributed by atoms with Gasteiger partial charge in [-0.3, -0.25) is 4.68 Å². The van der Waals surface area contributed by atoms with Gasteiger partial charge in [0.05, 0.1) is 6.20 Å². The largest absolute Gasteiger partial charge is 0.384 e. The minimum atomic E-state index is 0.783. The molecule has 0 saturated heterocycles. The molecule has 0 amide bonds. The van der Waals surface area contributed by atoms with Crippen LogP contribution in [-0.2, 0) is 12.8 Å².